The molecule has 5 nitrogen and oxygen atoms in total. The van der Waals surface area contributed by atoms with Crippen LogP contribution in [0.15, 0.2) is 48.5 Å². The highest BCUT2D eigenvalue weighted by atomic mass is 16.2. The Morgan fingerprint density at radius 3 is 2.48 bits per heavy atom. The van der Waals surface area contributed by atoms with Gasteiger partial charge < -0.3 is 16.0 Å². The number of carbonyl (C=O) groups is 2. The van der Waals surface area contributed by atoms with Crippen LogP contribution in [0.3, 0.4) is 0 Å². The standard InChI is InChI=1S/C18H21N3O2/c1-3-19-18(23)14-7-5-8-15(11-14)20-12-17(22)21-16-9-4-6-13(2)10-16/h4-11,20H,3,12H2,1-2H3,(H,19,23)(H,21,22). The summed E-state index contributed by atoms with van der Waals surface area (Å²) in [6.07, 6.45) is 0. The molecule has 0 saturated heterocycles. The van der Waals surface area contributed by atoms with Crippen LogP contribution in [0.5, 0.6) is 0 Å². The normalized spacial score (nSPS) is 10.0. The van der Waals surface area contributed by atoms with Gasteiger partial charge in [-0.1, -0.05) is 18.2 Å². The molecule has 0 bridgehead atoms. The molecule has 0 radical (unpaired) electrons. The van der Waals surface area contributed by atoms with E-state index in [2.05, 4.69) is 16.0 Å². The van der Waals surface area contributed by atoms with E-state index in [0.717, 1.165) is 16.9 Å². The minimum Gasteiger partial charge on any atom is -0.376 e. The van der Waals surface area contributed by atoms with Crippen LogP contribution in [-0.2, 0) is 4.79 Å². The molecule has 0 atom stereocenters. The average molecular weight is 311 g/mol. The highest BCUT2D eigenvalue weighted by Crippen LogP contribution is 2.12. The van der Waals surface area contributed by atoms with E-state index in [1.807, 2.05) is 44.2 Å². The molecule has 2 amide bonds. The number of carbonyl (C=O) groups excluding carboxylic acids is 2. The van der Waals surface area contributed by atoms with Crippen LogP contribution in [0.1, 0.15) is 22.8 Å². The molecule has 0 spiro atoms. The number of nitrogens with one attached hydrogen (secondary N) is 3. The first-order chi connectivity index (χ1) is 11.1. The van der Waals surface area contributed by atoms with Gasteiger partial charge in [0.15, 0.2) is 0 Å². The summed E-state index contributed by atoms with van der Waals surface area (Å²) in [7, 11) is 0. The fourth-order valence-electron chi connectivity index (χ4n) is 2.14. The number of amides is 2. The lowest BCUT2D eigenvalue weighted by atomic mass is 10.2. The molecule has 2 aromatic rings. The molecule has 5 heteroatoms. The van der Waals surface area contributed by atoms with Crippen molar-refractivity contribution in [1.82, 2.24) is 5.32 Å². The van der Waals surface area contributed by atoms with Crippen LogP contribution in [0, 0.1) is 6.92 Å². The van der Waals surface area contributed by atoms with Crippen molar-refractivity contribution in [2.45, 2.75) is 13.8 Å². The van der Waals surface area contributed by atoms with Gasteiger partial charge in [0.25, 0.3) is 5.91 Å². The number of aryl methyl sites for hydroxylation is 1. The smallest absolute Gasteiger partial charge is 0.251 e. The Bertz CT molecular complexity index is 698. The summed E-state index contributed by atoms with van der Waals surface area (Å²) in [6, 6.07) is 14.7. The lowest BCUT2D eigenvalue weighted by Gasteiger charge is -2.09. The number of hydrogen-bond donors (Lipinski definition) is 3. The molecule has 0 aliphatic heterocycles. The maximum atomic E-state index is 12.0. The third kappa shape index (κ3) is 5.14. The van der Waals surface area contributed by atoms with Gasteiger partial charge in [0.05, 0.1) is 6.54 Å². The highest BCUT2D eigenvalue weighted by Gasteiger charge is 2.06. The largest absolute Gasteiger partial charge is 0.376 e. The van der Waals surface area contributed by atoms with Crippen molar-refractivity contribution in [2.75, 3.05) is 23.7 Å². The van der Waals surface area contributed by atoms with Crippen LogP contribution in [0.4, 0.5) is 11.4 Å². The number of anilines is 2. The van der Waals surface area contributed by atoms with Gasteiger partial charge in [-0.2, -0.15) is 0 Å². The fourth-order valence-corrected chi connectivity index (χ4v) is 2.14. The molecule has 0 aliphatic rings. The lowest BCUT2D eigenvalue weighted by molar-refractivity contribution is -0.114. The molecule has 0 aliphatic carbocycles. The summed E-state index contributed by atoms with van der Waals surface area (Å²) in [6.45, 7) is 4.55. The van der Waals surface area contributed by atoms with Gasteiger partial charge in [-0.25, -0.2) is 0 Å². The molecule has 2 rings (SSSR count). The van der Waals surface area contributed by atoms with Crippen molar-refractivity contribution in [3.63, 3.8) is 0 Å². The second-order valence-electron chi connectivity index (χ2n) is 5.21. The van der Waals surface area contributed by atoms with Crippen LogP contribution < -0.4 is 16.0 Å². The summed E-state index contributed by atoms with van der Waals surface area (Å²) in [5.41, 5.74) is 3.15. The molecular formula is C18H21N3O2. The quantitative estimate of drug-likeness (QED) is 0.768. The first-order valence-corrected chi connectivity index (χ1v) is 7.57. The molecular weight excluding hydrogens is 290 g/mol. The van der Waals surface area contributed by atoms with Gasteiger partial charge in [-0.05, 0) is 49.7 Å². The van der Waals surface area contributed by atoms with Gasteiger partial charge >= 0.3 is 0 Å². The Balaban J connectivity index is 1.91. The summed E-state index contributed by atoms with van der Waals surface area (Å²) >= 11 is 0. The summed E-state index contributed by atoms with van der Waals surface area (Å²) in [5, 5.41) is 8.60. The zero-order chi connectivity index (χ0) is 16.7. The van der Waals surface area contributed by atoms with Crippen molar-refractivity contribution in [2.24, 2.45) is 0 Å². The molecule has 0 heterocycles. The Morgan fingerprint density at radius 2 is 1.74 bits per heavy atom. The van der Waals surface area contributed by atoms with E-state index in [0.29, 0.717) is 12.1 Å². The fraction of sp³-hybridized carbons (Fsp3) is 0.222. The van der Waals surface area contributed by atoms with Gasteiger partial charge in [-0.15, -0.1) is 0 Å². The SMILES string of the molecule is CCNC(=O)c1cccc(NCC(=O)Nc2cccc(C)c2)c1. The minimum absolute atomic E-state index is 0.125. The third-order valence-corrected chi connectivity index (χ3v) is 3.22. The molecule has 3 N–H and O–H groups in total. The maximum absolute atomic E-state index is 12.0. The van der Waals surface area contributed by atoms with Gasteiger partial charge in [-0.3, -0.25) is 9.59 Å². The van der Waals surface area contributed by atoms with E-state index in [9.17, 15) is 9.59 Å². The number of hydrogen-bond acceptors (Lipinski definition) is 3. The van der Waals surface area contributed by atoms with Crippen LogP contribution in [-0.4, -0.2) is 24.9 Å². The first-order valence-electron chi connectivity index (χ1n) is 7.57. The second kappa shape index (κ2) is 7.98. The molecule has 23 heavy (non-hydrogen) atoms. The maximum Gasteiger partial charge on any atom is 0.251 e. The monoisotopic (exact) mass is 311 g/mol. The molecule has 0 fully saturated rings. The van der Waals surface area contributed by atoms with E-state index < -0.39 is 0 Å². The van der Waals surface area contributed by atoms with Gasteiger partial charge in [0.1, 0.15) is 0 Å². The zero-order valence-corrected chi connectivity index (χ0v) is 13.3. The molecule has 0 saturated carbocycles. The number of rotatable bonds is 6. The average Bonchev–Trinajstić information content (AvgIpc) is 2.53. The predicted molar refractivity (Wildman–Crippen MR) is 92.7 cm³/mol. The van der Waals surface area contributed by atoms with Crippen LogP contribution in [0.2, 0.25) is 0 Å². The minimum atomic E-state index is -0.140. The summed E-state index contributed by atoms with van der Waals surface area (Å²) in [4.78, 5) is 23.8. The topological polar surface area (TPSA) is 70.2 Å². The van der Waals surface area contributed by atoms with E-state index in [1.165, 1.54) is 0 Å². The van der Waals surface area contributed by atoms with Crippen molar-refractivity contribution in [3.05, 3.63) is 59.7 Å². The summed E-state index contributed by atoms with van der Waals surface area (Å²) in [5.74, 6) is -0.264. The molecule has 0 aromatic heterocycles. The highest BCUT2D eigenvalue weighted by molar-refractivity contribution is 5.96. The molecule has 0 unspecified atom stereocenters. The van der Waals surface area contributed by atoms with Crippen LogP contribution >= 0.6 is 0 Å². The lowest BCUT2D eigenvalue weighted by Crippen LogP contribution is -2.23. The molecule has 120 valence electrons. The first kappa shape index (κ1) is 16.5. The number of benzene rings is 2. The second-order valence-corrected chi connectivity index (χ2v) is 5.21. The van der Waals surface area contributed by atoms with E-state index in [1.54, 1.807) is 18.2 Å². The van der Waals surface area contributed by atoms with E-state index in [-0.39, 0.29) is 18.4 Å². The van der Waals surface area contributed by atoms with Gasteiger partial charge in [0.2, 0.25) is 5.91 Å². The van der Waals surface area contributed by atoms with Crippen LogP contribution in [0.25, 0.3) is 0 Å². The molecule has 2 aromatic carbocycles. The van der Waals surface area contributed by atoms with Gasteiger partial charge in [0, 0.05) is 23.5 Å². The van der Waals surface area contributed by atoms with E-state index in [4.69, 9.17) is 0 Å². The van der Waals surface area contributed by atoms with Crippen molar-refractivity contribution in [1.29, 1.82) is 0 Å². The third-order valence-electron chi connectivity index (χ3n) is 3.22. The zero-order valence-electron chi connectivity index (χ0n) is 13.3. The Kier molecular flexibility index (Phi) is 5.74. The van der Waals surface area contributed by atoms with E-state index >= 15 is 0 Å². The Labute approximate surface area is 136 Å². The Morgan fingerprint density at radius 1 is 1.00 bits per heavy atom. The van der Waals surface area contributed by atoms with Crippen molar-refractivity contribution >= 4 is 23.2 Å². The predicted octanol–water partition coefficient (Wildman–Crippen LogP) is 2.80. The summed E-state index contributed by atoms with van der Waals surface area (Å²) < 4.78 is 0. The van der Waals surface area contributed by atoms with Crippen molar-refractivity contribution < 1.29 is 9.59 Å². The Hall–Kier alpha value is -2.82. The van der Waals surface area contributed by atoms with Crippen molar-refractivity contribution in [3.8, 4) is 0 Å².